The van der Waals surface area contributed by atoms with Crippen molar-refractivity contribution in [3.05, 3.63) is 22.2 Å². The molecule has 0 unspecified atom stereocenters. The van der Waals surface area contributed by atoms with E-state index in [4.69, 9.17) is 9.47 Å². The summed E-state index contributed by atoms with van der Waals surface area (Å²) < 4.78 is 12.3. The Labute approximate surface area is 149 Å². The van der Waals surface area contributed by atoms with Crippen LogP contribution in [0, 0.1) is 0 Å². The first-order valence-electron chi connectivity index (χ1n) is 8.97. The third-order valence-electron chi connectivity index (χ3n) is 4.48. The SMILES string of the molecule is CCCOc1cc(Br)c(CNC2CCCCCCC2)cc1OC. The first kappa shape index (κ1) is 18.6. The Balaban J connectivity index is 1.98. The number of rotatable bonds is 7. The van der Waals surface area contributed by atoms with E-state index in [1.807, 2.05) is 6.07 Å². The summed E-state index contributed by atoms with van der Waals surface area (Å²) in [6.07, 6.45) is 10.5. The van der Waals surface area contributed by atoms with Crippen LogP contribution in [0.4, 0.5) is 0 Å². The third kappa shape index (κ3) is 6.00. The maximum atomic E-state index is 5.76. The molecule has 0 bridgehead atoms. The second-order valence-corrected chi connectivity index (χ2v) is 7.22. The van der Waals surface area contributed by atoms with Crippen LogP contribution in [0.1, 0.15) is 63.9 Å². The summed E-state index contributed by atoms with van der Waals surface area (Å²) in [5.41, 5.74) is 1.23. The summed E-state index contributed by atoms with van der Waals surface area (Å²) in [7, 11) is 1.70. The van der Waals surface area contributed by atoms with E-state index < -0.39 is 0 Å². The Kier molecular flexibility index (Phi) is 8.24. The number of ether oxygens (including phenoxy) is 2. The Bertz CT molecular complexity index is 471. The first-order chi connectivity index (χ1) is 11.2. The number of nitrogens with one attached hydrogen (secondary N) is 1. The normalized spacial score (nSPS) is 16.7. The molecule has 1 fully saturated rings. The number of hydrogen-bond acceptors (Lipinski definition) is 3. The van der Waals surface area contributed by atoms with E-state index in [1.54, 1.807) is 7.11 Å². The fourth-order valence-electron chi connectivity index (χ4n) is 3.11. The topological polar surface area (TPSA) is 30.5 Å². The molecule has 0 spiro atoms. The lowest BCUT2D eigenvalue weighted by Gasteiger charge is -2.22. The molecule has 130 valence electrons. The summed E-state index contributed by atoms with van der Waals surface area (Å²) in [6.45, 7) is 3.69. The van der Waals surface area contributed by atoms with Gasteiger partial charge >= 0.3 is 0 Å². The molecule has 0 amide bonds. The minimum atomic E-state index is 0.643. The van der Waals surface area contributed by atoms with Crippen molar-refractivity contribution in [2.45, 2.75) is 70.9 Å². The van der Waals surface area contributed by atoms with Crippen LogP contribution >= 0.6 is 15.9 Å². The number of benzene rings is 1. The van der Waals surface area contributed by atoms with Gasteiger partial charge in [0.05, 0.1) is 13.7 Å². The fourth-order valence-corrected chi connectivity index (χ4v) is 3.57. The molecule has 2 rings (SSSR count). The molecular weight excluding hydrogens is 354 g/mol. The van der Waals surface area contributed by atoms with Crippen molar-refractivity contribution in [3.63, 3.8) is 0 Å². The second-order valence-electron chi connectivity index (χ2n) is 6.37. The summed E-state index contributed by atoms with van der Waals surface area (Å²) in [5.74, 6) is 1.63. The van der Waals surface area contributed by atoms with Crippen molar-refractivity contribution < 1.29 is 9.47 Å². The van der Waals surface area contributed by atoms with E-state index in [0.717, 1.165) is 28.9 Å². The van der Waals surface area contributed by atoms with Gasteiger partial charge in [0, 0.05) is 17.1 Å². The van der Waals surface area contributed by atoms with Gasteiger partial charge < -0.3 is 14.8 Å². The van der Waals surface area contributed by atoms with Crippen LogP contribution in [0.25, 0.3) is 0 Å². The number of hydrogen-bond donors (Lipinski definition) is 1. The van der Waals surface area contributed by atoms with Crippen molar-refractivity contribution in [1.82, 2.24) is 5.32 Å². The van der Waals surface area contributed by atoms with Crippen LogP contribution in [-0.2, 0) is 6.54 Å². The van der Waals surface area contributed by atoms with E-state index in [0.29, 0.717) is 12.6 Å². The lowest BCUT2D eigenvalue weighted by atomic mass is 9.96. The van der Waals surface area contributed by atoms with Crippen LogP contribution in [0.15, 0.2) is 16.6 Å². The van der Waals surface area contributed by atoms with Crippen LogP contribution < -0.4 is 14.8 Å². The second kappa shape index (κ2) is 10.2. The molecule has 4 heteroatoms. The fraction of sp³-hybridized carbons (Fsp3) is 0.684. The zero-order chi connectivity index (χ0) is 16.5. The molecule has 23 heavy (non-hydrogen) atoms. The van der Waals surface area contributed by atoms with Crippen molar-refractivity contribution >= 4 is 15.9 Å². The molecule has 1 N–H and O–H groups in total. The molecule has 1 aliphatic rings. The summed E-state index contributed by atoms with van der Waals surface area (Å²) >= 11 is 3.68. The highest BCUT2D eigenvalue weighted by Gasteiger charge is 2.14. The van der Waals surface area contributed by atoms with Crippen LogP contribution in [0.5, 0.6) is 11.5 Å². The van der Waals surface area contributed by atoms with Crippen molar-refractivity contribution in [2.75, 3.05) is 13.7 Å². The molecule has 0 aromatic heterocycles. The zero-order valence-corrected chi connectivity index (χ0v) is 16.1. The first-order valence-corrected chi connectivity index (χ1v) is 9.76. The Hall–Kier alpha value is -0.740. The summed E-state index contributed by atoms with van der Waals surface area (Å²) in [4.78, 5) is 0. The number of halogens is 1. The lowest BCUT2D eigenvalue weighted by Crippen LogP contribution is -2.29. The van der Waals surface area contributed by atoms with Gasteiger partial charge in [-0.25, -0.2) is 0 Å². The Morgan fingerprint density at radius 3 is 2.43 bits per heavy atom. The number of methoxy groups -OCH3 is 1. The smallest absolute Gasteiger partial charge is 0.162 e. The largest absolute Gasteiger partial charge is 0.493 e. The minimum absolute atomic E-state index is 0.643. The van der Waals surface area contributed by atoms with Crippen molar-refractivity contribution in [3.8, 4) is 11.5 Å². The maximum absolute atomic E-state index is 5.76. The van der Waals surface area contributed by atoms with Gasteiger partial charge in [-0.1, -0.05) is 55.0 Å². The maximum Gasteiger partial charge on any atom is 0.162 e. The lowest BCUT2D eigenvalue weighted by molar-refractivity contribution is 0.293. The minimum Gasteiger partial charge on any atom is -0.493 e. The average molecular weight is 384 g/mol. The predicted molar refractivity (Wildman–Crippen MR) is 99.4 cm³/mol. The highest BCUT2D eigenvalue weighted by Crippen LogP contribution is 2.34. The molecule has 0 heterocycles. The van der Waals surface area contributed by atoms with Crippen molar-refractivity contribution in [2.24, 2.45) is 0 Å². The molecule has 1 aliphatic carbocycles. The van der Waals surface area contributed by atoms with Crippen LogP contribution in [0.2, 0.25) is 0 Å². The molecule has 1 aromatic carbocycles. The van der Waals surface area contributed by atoms with E-state index >= 15 is 0 Å². The van der Waals surface area contributed by atoms with Gasteiger partial charge in [-0.05, 0) is 37.0 Å². The van der Waals surface area contributed by atoms with Gasteiger partial charge in [-0.2, -0.15) is 0 Å². The van der Waals surface area contributed by atoms with E-state index in [2.05, 4.69) is 34.2 Å². The predicted octanol–water partition coefficient (Wildman–Crippen LogP) is 5.45. The van der Waals surface area contributed by atoms with Crippen molar-refractivity contribution in [1.29, 1.82) is 0 Å². The van der Waals surface area contributed by atoms with Gasteiger partial charge in [-0.15, -0.1) is 0 Å². The standard InChI is InChI=1S/C19H30BrNO2/c1-3-11-23-19-13-17(20)15(12-18(19)22-2)14-21-16-9-7-5-4-6-8-10-16/h12-13,16,21H,3-11,14H2,1-2H3. The summed E-state index contributed by atoms with van der Waals surface area (Å²) in [6, 6.07) is 4.76. The summed E-state index contributed by atoms with van der Waals surface area (Å²) in [5, 5.41) is 3.73. The van der Waals surface area contributed by atoms with E-state index in [9.17, 15) is 0 Å². The highest BCUT2D eigenvalue weighted by atomic mass is 79.9. The van der Waals surface area contributed by atoms with Crippen LogP contribution in [0.3, 0.4) is 0 Å². The van der Waals surface area contributed by atoms with Gasteiger partial charge in [0.1, 0.15) is 0 Å². The highest BCUT2D eigenvalue weighted by molar-refractivity contribution is 9.10. The van der Waals surface area contributed by atoms with Gasteiger partial charge in [-0.3, -0.25) is 0 Å². The van der Waals surface area contributed by atoms with E-state index in [-0.39, 0.29) is 0 Å². The molecule has 0 aliphatic heterocycles. The Morgan fingerprint density at radius 2 is 1.78 bits per heavy atom. The molecule has 3 nitrogen and oxygen atoms in total. The van der Waals surface area contributed by atoms with Gasteiger partial charge in [0.15, 0.2) is 11.5 Å². The quantitative estimate of drug-likeness (QED) is 0.678. The van der Waals surface area contributed by atoms with Crippen LogP contribution in [-0.4, -0.2) is 19.8 Å². The molecule has 0 saturated heterocycles. The zero-order valence-electron chi connectivity index (χ0n) is 14.5. The molecule has 1 aromatic rings. The molecule has 0 atom stereocenters. The average Bonchev–Trinajstić information content (AvgIpc) is 2.53. The molecular formula is C19H30BrNO2. The van der Waals surface area contributed by atoms with Gasteiger partial charge in [0.2, 0.25) is 0 Å². The molecule has 0 radical (unpaired) electrons. The monoisotopic (exact) mass is 383 g/mol. The third-order valence-corrected chi connectivity index (χ3v) is 5.22. The Morgan fingerprint density at radius 1 is 1.09 bits per heavy atom. The van der Waals surface area contributed by atoms with Gasteiger partial charge in [0.25, 0.3) is 0 Å². The van der Waals surface area contributed by atoms with E-state index in [1.165, 1.54) is 50.5 Å². The molecule has 1 saturated carbocycles.